The number of rotatable bonds is 2. The van der Waals surface area contributed by atoms with Gasteiger partial charge in [-0.15, -0.1) is 0 Å². The van der Waals surface area contributed by atoms with Crippen molar-refractivity contribution in [2.45, 2.75) is 35.5 Å². The van der Waals surface area contributed by atoms with Gasteiger partial charge in [-0.3, -0.25) is 0 Å². The molecule has 114 valence electrons. The van der Waals surface area contributed by atoms with Crippen LogP contribution < -0.4 is 0 Å². The Balaban J connectivity index is 1.74. The molecule has 1 unspecified atom stereocenters. The molecule has 23 heavy (non-hydrogen) atoms. The van der Waals surface area contributed by atoms with Crippen molar-refractivity contribution in [1.82, 2.24) is 0 Å². The molecule has 1 aliphatic rings. The van der Waals surface area contributed by atoms with Crippen LogP contribution in [0.3, 0.4) is 0 Å². The van der Waals surface area contributed by atoms with Gasteiger partial charge >= 0.3 is 0 Å². The number of hydrogen-bond donors (Lipinski definition) is 0. The van der Waals surface area contributed by atoms with Gasteiger partial charge in [0.1, 0.15) is 0 Å². The van der Waals surface area contributed by atoms with E-state index in [0.717, 1.165) is 12.8 Å². The van der Waals surface area contributed by atoms with Crippen molar-refractivity contribution < 1.29 is 0 Å². The average molecular weight is 316 g/mol. The van der Waals surface area contributed by atoms with Crippen molar-refractivity contribution in [2.24, 2.45) is 0 Å². The average Bonchev–Trinajstić information content (AvgIpc) is 2.73. The molecule has 1 atom stereocenters. The van der Waals surface area contributed by atoms with Crippen LogP contribution in [-0.4, -0.2) is 0 Å². The van der Waals surface area contributed by atoms with E-state index in [9.17, 15) is 0 Å². The Hall–Kier alpha value is -1.99. The summed E-state index contributed by atoms with van der Waals surface area (Å²) in [5.41, 5.74) is 5.73. The van der Waals surface area contributed by atoms with Gasteiger partial charge in [-0.2, -0.15) is 0 Å². The van der Waals surface area contributed by atoms with Gasteiger partial charge in [0.15, 0.2) is 0 Å². The molecule has 0 saturated heterocycles. The summed E-state index contributed by atoms with van der Waals surface area (Å²) >= 11 is 1.92. The van der Waals surface area contributed by atoms with Crippen molar-refractivity contribution in [2.75, 3.05) is 0 Å². The van der Waals surface area contributed by atoms with Crippen LogP contribution in [0.15, 0.2) is 82.6 Å². The van der Waals surface area contributed by atoms with E-state index in [1.54, 1.807) is 0 Å². The topological polar surface area (TPSA) is 0 Å². The standard InChI is InChI=1S/C22H20S/c1-16-10-12-17(13-11-16)14-19-15-18-6-2-4-8-21(18)23-22-9-5-3-7-20(19)22/h2-13,19H,14-15H2,1H3. The minimum Gasteiger partial charge on any atom is -0.0895 e. The molecule has 1 heteroatoms. The number of benzene rings is 3. The Kier molecular flexibility index (Phi) is 3.97. The summed E-state index contributed by atoms with van der Waals surface area (Å²) in [5.74, 6) is 0.546. The molecule has 0 fully saturated rings. The van der Waals surface area contributed by atoms with Crippen LogP contribution in [0.5, 0.6) is 0 Å². The maximum absolute atomic E-state index is 2.31. The Morgan fingerprint density at radius 2 is 1.52 bits per heavy atom. The highest BCUT2D eigenvalue weighted by Crippen LogP contribution is 2.42. The van der Waals surface area contributed by atoms with Gasteiger partial charge in [-0.05, 0) is 54.5 Å². The van der Waals surface area contributed by atoms with Crippen LogP contribution in [0.4, 0.5) is 0 Å². The highest BCUT2D eigenvalue weighted by atomic mass is 32.2. The third-order valence-corrected chi connectivity index (χ3v) is 5.83. The third kappa shape index (κ3) is 3.07. The zero-order chi connectivity index (χ0) is 15.6. The number of fused-ring (bicyclic) bond motifs is 2. The lowest BCUT2D eigenvalue weighted by Gasteiger charge is -2.18. The fourth-order valence-electron chi connectivity index (χ4n) is 3.37. The van der Waals surface area contributed by atoms with Crippen LogP contribution in [-0.2, 0) is 12.8 Å². The lowest BCUT2D eigenvalue weighted by atomic mass is 9.86. The molecule has 1 heterocycles. The van der Waals surface area contributed by atoms with Crippen LogP contribution in [0, 0.1) is 6.92 Å². The molecule has 0 nitrogen and oxygen atoms in total. The monoisotopic (exact) mass is 316 g/mol. The summed E-state index contributed by atoms with van der Waals surface area (Å²) in [6, 6.07) is 26.8. The quantitative estimate of drug-likeness (QED) is 0.556. The molecule has 0 amide bonds. The predicted molar refractivity (Wildman–Crippen MR) is 98.3 cm³/mol. The van der Waals surface area contributed by atoms with E-state index in [1.807, 2.05) is 11.8 Å². The van der Waals surface area contributed by atoms with E-state index in [4.69, 9.17) is 0 Å². The molecule has 4 rings (SSSR count). The molecule has 1 aliphatic heterocycles. The maximum atomic E-state index is 2.31. The predicted octanol–water partition coefficient (Wildman–Crippen LogP) is 6.03. The normalized spacial score (nSPS) is 16.3. The number of aryl methyl sites for hydroxylation is 1. The van der Waals surface area contributed by atoms with E-state index >= 15 is 0 Å². The summed E-state index contributed by atoms with van der Waals surface area (Å²) in [6.07, 6.45) is 2.22. The van der Waals surface area contributed by atoms with Crippen LogP contribution in [0.2, 0.25) is 0 Å². The first-order valence-corrected chi connectivity index (χ1v) is 9.01. The lowest BCUT2D eigenvalue weighted by Crippen LogP contribution is -2.07. The second kappa shape index (κ2) is 6.25. The lowest BCUT2D eigenvalue weighted by molar-refractivity contribution is 0.666. The first kappa shape index (κ1) is 14.6. The van der Waals surface area contributed by atoms with E-state index in [1.165, 1.54) is 32.0 Å². The minimum atomic E-state index is 0.546. The molecule has 0 aliphatic carbocycles. The molecule has 0 bridgehead atoms. The Morgan fingerprint density at radius 3 is 2.35 bits per heavy atom. The minimum absolute atomic E-state index is 0.546. The fraction of sp³-hybridized carbons (Fsp3) is 0.182. The molecule has 0 N–H and O–H groups in total. The fourth-order valence-corrected chi connectivity index (χ4v) is 4.53. The van der Waals surface area contributed by atoms with Gasteiger partial charge in [0.25, 0.3) is 0 Å². The van der Waals surface area contributed by atoms with Crippen molar-refractivity contribution >= 4 is 11.8 Å². The zero-order valence-corrected chi connectivity index (χ0v) is 14.1. The van der Waals surface area contributed by atoms with E-state index in [-0.39, 0.29) is 0 Å². The van der Waals surface area contributed by atoms with Crippen LogP contribution >= 0.6 is 11.8 Å². The Bertz CT molecular complexity index is 817. The summed E-state index contributed by atoms with van der Waals surface area (Å²) < 4.78 is 0. The first-order chi connectivity index (χ1) is 11.3. The molecule has 3 aromatic rings. The van der Waals surface area contributed by atoms with Gasteiger partial charge in [-0.1, -0.05) is 78.0 Å². The smallest absolute Gasteiger partial charge is 0.0157 e. The second-order valence-corrected chi connectivity index (χ2v) is 7.42. The van der Waals surface area contributed by atoms with Crippen molar-refractivity contribution in [3.05, 3.63) is 95.1 Å². The summed E-state index contributed by atoms with van der Waals surface area (Å²) in [6.45, 7) is 2.15. The Morgan fingerprint density at radius 1 is 0.826 bits per heavy atom. The molecule has 0 radical (unpaired) electrons. The highest BCUT2D eigenvalue weighted by molar-refractivity contribution is 7.99. The molecule has 0 aromatic heterocycles. The zero-order valence-electron chi connectivity index (χ0n) is 13.3. The number of hydrogen-bond acceptors (Lipinski definition) is 1. The molecular formula is C22H20S. The van der Waals surface area contributed by atoms with Crippen molar-refractivity contribution in [1.29, 1.82) is 0 Å². The third-order valence-electron chi connectivity index (χ3n) is 4.62. The maximum Gasteiger partial charge on any atom is 0.0157 e. The molecule has 3 aromatic carbocycles. The largest absolute Gasteiger partial charge is 0.0895 e. The van der Waals surface area contributed by atoms with Crippen LogP contribution in [0.25, 0.3) is 0 Å². The van der Waals surface area contributed by atoms with Gasteiger partial charge in [0.05, 0.1) is 0 Å². The van der Waals surface area contributed by atoms with Crippen LogP contribution in [0.1, 0.15) is 28.2 Å². The summed E-state index contributed by atoms with van der Waals surface area (Å²) in [4.78, 5) is 2.82. The SMILES string of the molecule is Cc1ccc(CC2Cc3ccccc3Sc3ccccc32)cc1. The molecule has 0 spiro atoms. The summed E-state index contributed by atoms with van der Waals surface area (Å²) in [5, 5.41) is 0. The van der Waals surface area contributed by atoms with Gasteiger partial charge in [-0.25, -0.2) is 0 Å². The second-order valence-electron chi connectivity index (χ2n) is 6.34. The first-order valence-electron chi connectivity index (χ1n) is 8.20. The van der Waals surface area contributed by atoms with Crippen molar-refractivity contribution in [3.8, 4) is 0 Å². The molecule has 0 saturated carbocycles. The van der Waals surface area contributed by atoms with E-state index in [0.29, 0.717) is 5.92 Å². The highest BCUT2D eigenvalue weighted by Gasteiger charge is 2.22. The van der Waals surface area contributed by atoms with Gasteiger partial charge < -0.3 is 0 Å². The summed E-state index contributed by atoms with van der Waals surface area (Å²) in [7, 11) is 0. The van der Waals surface area contributed by atoms with E-state index in [2.05, 4.69) is 79.7 Å². The van der Waals surface area contributed by atoms with Gasteiger partial charge in [0.2, 0.25) is 0 Å². The molecular weight excluding hydrogens is 296 g/mol. The van der Waals surface area contributed by atoms with Crippen molar-refractivity contribution in [3.63, 3.8) is 0 Å². The van der Waals surface area contributed by atoms with Gasteiger partial charge in [0, 0.05) is 9.79 Å². The van der Waals surface area contributed by atoms with E-state index < -0.39 is 0 Å². The Labute approximate surface area is 142 Å².